The number of nitrogens with zero attached hydrogens (tertiary/aromatic N) is 1. The van der Waals surface area contributed by atoms with Crippen molar-refractivity contribution in [1.29, 1.82) is 0 Å². The predicted molar refractivity (Wildman–Crippen MR) is 116 cm³/mol. The molecule has 0 spiro atoms. The van der Waals surface area contributed by atoms with Crippen molar-refractivity contribution in [3.05, 3.63) is 70.9 Å². The second-order valence-corrected chi connectivity index (χ2v) is 8.35. The number of nitrogens with one attached hydrogen (secondary N) is 1. The zero-order valence-electron chi connectivity index (χ0n) is 17.6. The van der Waals surface area contributed by atoms with Crippen molar-refractivity contribution in [3.63, 3.8) is 0 Å². The van der Waals surface area contributed by atoms with E-state index in [0.717, 1.165) is 55.0 Å². The molecule has 3 nitrogen and oxygen atoms in total. The third kappa shape index (κ3) is 4.54. The van der Waals surface area contributed by atoms with Crippen LogP contribution in [0.1, 0.15) is 65.6 Å². The van der Waals surface area contributed by atoms with E-state index >= 15 is 0 Å². The Balaban J connectivity index is 1.61. The summed E-state index contributed by atoms with van der Waals surface area (Å²) >= 11 is 0. The second kappa shape index (κ2) is 8.87. The Labute approximate surface area is 180 Å². The number of hydrogen-bond acceptors (Lipinski definition) is 2. The molecule has 0 bridgehead atoms. The molecule has 6 heteroatoms. The molecule has 4 rings (SSSR count). The van der Waals surface area contributed by atoms with E-state index in [9.17, 15) is 18.0 Å². The molecule has 0 atom stereocenters. The Kier molecular flexibility index (Phi) is 6.19. The quantitative estimate of drug-likeness (QED) is 0.461. The summed E-state index contributed by atoms with van der Waals surface area (Å²) in [5.74, 6) is -0.212. The predicted octanol–water partition coefficient (Wildman–Crippen LogP) is 6.40. The van der Waals surface area contributed by atoms with E-state index in [2.05, 4.69) is 16.8 Å². The molecule has 0 amide bonds. The number of H-pyrrole nitrogens is 1. The van der Waals surface area contributed by atoms with E-state index < -0.39 is 17.5 Å². The monoisotopic (exact) mass is 428 g/mol. The first-order chi connectivity index (χ1) is 14.9. The van der Waals surface area contributed by atoms with Gasteiger partial charge >= 0.3 is 6.18 Å². The van der Waals surface area contributed by atoms with Crippen LogP contribution in [0, 0.1) is 0 Å². The van der Waals surface area contributed by atoms with E-state index in [-0.39, 0.29) is 11.1 Å². The fraction of sp³-hybridized carbons (Fsp3) is 0.400. The van der Waals surface area contributed by atoms with E-state index in [1.165, 1.54) is 31.0 Å². The highest BCUT2D eigenvalue weighted by Gasteiger charge is 2.35. The average Bonchev–Trinajstić information content (AvgIpc) is 3.20. The Morgan fingerprint density at radius 2 is 1.87 bits per heavy atom. The lowest BCUT2D eigenvalue weighted by molar-refractivity contribution is -0.137. The number of rotatable bonds is 6. The molecule has 1 saturated heterocycles. The number of aromatic amines is 1. The fourth-order valence-corrected chi connectivity index (χ4v) is 4.55. The molecule has 164 valence electrons. The molecule has 1 aliphatic rings. The highest BCUT2D eigenvalue weighted by molar-refractivity contribution is 6.11. The highest BCUT2D eigenvalue weighted by Crippen LogP contribution is 2.35. The van der Waals surface area contributed by atoms with Crippen molar-refractivity contribution in [2.75, 3.05) is 19.6 Å². The van der Waals surface area contributed by atoms with Crippen molar-refractivity contribution in [3.8, 4) is 0 Å². The number of unbranched alkanes of at least 4 members (excludes halogenated alkanes) is 1. The zero-order chi connectivity index (χ0) is 22.0. The number of ketones is 1. The summed E-state index contributed by atoms with van der Waals surface area (Å²) in [7, 11) is 0. The number of alkyl halides is 3. The van der Waals surface area contributed by atoms with Gasteiger partial charge in [0.05, 0.1) is 5.56 Å². The number of aromatic nitrogens is 1. The maximum Gasteiger partial charge on any atom is 0.417 e. The number of carbonyl (C=O) groups excluding carboxylic acids is 1. The molecule has 1 N–H and O–H groups in total. The lowest BCUT2D eigenvalue weighted by Crippen LogP contribution is -2.33. The van der Waals surface area contributed by atoms with Gasteiger partial charge in [-0.3, -0.25) is 4.79 Å². The van der Waals surface area contributed by atoms with Crippen LogP contribution in [0.15, 0.2) is 48.7 Å². The smallest absolute Gasteiger partial charge is 0.361 e. The van der Waals surface area contributed by atoms with Crippen molar-refractivity contribution in [1.82, 2.24) is 9.88 Å². The minimum absolute atomic E-state index is 0.283. The first-order valence-corrected chi connectivity index (χ1v) is 10.9. The third-order valence-electron chi connectivity index (χ3n) is 6.31. The first-order valence-electron chi connectivity index (χ1n) is 10.9. The van der Waals surface area contributed by atoms with Crippen molar-refractivity contribution >= 4 is 16.7 Å². The number of halogens is 3. The van der Waals surface area contributed by atoms with Gasteiger partial charge in [-0.25, -0.2) is 0 Å². The van der Waals surface area contributed by atoms with Crippen LogP contribution in [-0.2, 0) is 6.18 Å². The van der Waals surface area contributed by atoms with Crippen LogP contribution in [0.2, 0.25) is 0 Å². The van der Waals surface area contributed by atoms with Crippen LogP contribution in [0.5, 0.6) is 0 Å². The minimum Gasteiger partial charge on any atom is -0.361 e. The molecule has 31 heavy (non-hydrogen) atoms. The molecule has 0 radical (unpaired) electrons. The molecule has 1 aliphatic heterocycles. The summed E-state index contributed by atoms with van der Waals surface area (Å²) < 4.78 is 40.1. The molecule has 1 aromatic heterocycles. The summed E-state index contributed by atoms with van der Waals surface area (Å²) in [5, 5.41) is 0.933. The molecule has 1 fully saturated rings. The number of hydrogen-bond donors (Lipinski definition) is 1. The fourth-order valence-electron chi connectivity index (χ4n) is 4.55. The van der Waals surface area contributed by atoms with Crippen LogP contribution in [0.4, 0.5) is 13.2 Å². The van der Waals surface area contributed by atoms with Gasteiger partial charge in [-0.1, -0.05) is 31.5 Å². The third-order valence-corrected chi connectivity index (χ3v) is 6.31. The van der Waals surface area contributed by atoms with Gasteiger partial charge in [0.2, 0.25) is 0 Å². The Morgan fingerprint density at radius 3 is 2.58 bits per heavy atom. The minimum atomic E-state index is -4.57. The van der Waals surface area contributed by atoms with E-state index in [4.69, 9.17) is 0 Å². The Morgan fingerprint density at radius 1 is 1.13 bits per heavy atom. The summed E-state index contributed by atoms with van der Waals surface area (Å²) in [6.45, 7) is 5.43. The number of benzene rings is 2. The van der Waals surface area contributed by atoms with Gasteiger partial charge in [0.1, 0.15) is 0 Å². The maximum atomic E-state index is 13.4. The Hall–Kier alpha value is -2.60. The standard InChI is InChI=1S/C25H27F3N2O/c1-2-3-12-30-13-10-17(11-14-30)21-16-29-23-9-8-18(15-20(21)23)24(31)19-6-4-5-7-22(19)25(26,27)28/h4-9,15-17,29H,2-3,10-14H2,1H3. The topological polar surface area (TPSA) is 36.1 Å². The molecular formula is C25H27F3N2O. The van der Waals surface area contributed by atoms with Crippen LogP contribution < -0.4 is 0 Å². The number of fused-ring (bicyclic) bond motifs is 1. The number of carbonyl (C=O) groups is 1. The van der Waals surface area contributed by atoms with Crippen molar-refractivity contribution in [2.24, 2.45) is 0 Å². The van der Waals surface area contributed by atoms with Gasteiger partial charge in [-0.05, 0) is 74.6 Å². The van der Waals surface area contributed by atoms with Crippen molar-refractivity contribution < 1.29 is 18.0 Å². The summed E-state index contributed by atoms with van der Waals surface area (Å²) in [5.41, 5.74) is 1.14. The van der Waals surface area contributed by atoms with Gasteiger partial charge in [0.15, 0.2) is 5.78 Å². The summed E-state index contributed by atoms with van der Waals surface area (Å²) in [6.07, 6.45) is 1.92. The molecular weight excluding hydrogens is 401 g/mol. The molecule has 0 saturated carbocycles. The molecule has 0 aliphatic carbocycles. The lowest BCUT2D eigenvalue weighted by atomic mass is 9.88. The molecule has 0 unspecified atom stereocenters. The van der Waals surface area contributed by atoms with E-state index in [1.54, 1.807) is 18.2 Å². The maximum absolute atomic E-state index is 13.4. The van der Waals surface area contributed by atoms with Gasteiger partial charge < -0.3 is 9.88 Å². The van der Waals surface area contributed by atoms with Crippen LogP contribution in [-0.4, -0.2) is 35.3 Å². The molecule has 2 heterocycles. The number of piperidine rings is 1. The Bertz CT molecular complexity index is 1060. The van der Waals surface area contributed by atoms with Gasteiger partial charge in [0.25, 0.3) is 0 Å². The average molecular weight is 428 g/mol. The van der Waals surface area contributed by atoms with Crippen LogP contribution in [0.25, 0.3) is 10.9 Å². The molecule has 3 aromatic rings. The van der Waals surface area contributed by atoms with E-state index in [1.807, 2.05) is 6.20 Å². The van der Waals surface area contributed by atoms with E-state index in [0.29, 0.717) is 5.92 Å². The lowest BCUT2D eigenvalue weighted by Gasteiger charge is -2.31. The van der Waals surface area contributed by atoms with Crippen molar-refractivity contribution in [2.45, 2.75) is 44.7 Å². The molecule has 2 aromatic carbocycles. The largest absolute Gasteiger partial charge is 0.417 e. The normalized spacial score (nSPS) is 16.1. The van der Waals surface area contributed by atoms with Gasteiger partial charge in [-0.2, -0.15) is 13.2 Å². The van der Waals surface area contributed by atoms with Crippen LogP contribution >= 0.6 is 0 Å². The van der Waals surface area contributed by atoms with Gasteiger partial charge in [-0.15, -0.1) is 0 Å². The number of likely N-dealkylation sites (tertiary alicyclic amines) is 1. The summed E-state index contributed by atoms with van der Waals surface area (Å²) in [4.78, 5) is 18.8. The zero-order valence-corrected chi connectivity index (χ0v) is 17.6. The van der Waals surface area contributed by atoms with Gasteiger partial charge in [0, 0.05) is 28.2 Å². The highest BCUT2D eigenvalue weighted by atomic mass is 19.4. The first kappa shape index (κ1) is 21.6. The second-order valence-electron chi connectivity index (χ2n) is 8.35. The SMILES string of the molecule is CCCCN1CCC(c2c[nH]c3ccc(C(=O)c4ccccc4C(F)(F)F)cc23)CC1. The summed E-state index contributed by atoms with van der Waals surface area (Å²) in [6, 6.07) is 10.1. The van der Waals surface area contributed by atoms with Crippen LogP contribution in [0.3, 0.4) is 0 Å².